The highest BCUT2D eigenvalue weighted by Crippen LogP contribution is 2.26. The Kier molecular flexibility index (Phi) is 49.2. The van der Waals surface area contributed by atoms with Gasteiger partial charge in [-0.15, -0.1) is 0 Å². The van der Waals surface area contributed by atoms with Crippen LogP contribution in [-0.4, -0.2) is 89.2 Å². The van der Waals surface area contributed by atoms with Gasteiger partial charge in [0.25, 0.3) is 0 Å². The van der Waals surface area contributed by atoms with E-state index in [4.69, 9.17) is 23.7 Å². The lowest BCUT2D eigenvalue weighted by Crippen LogP contribution is -2.61. The number of allylic oxidation sites excluding steroid dienone is 10. The first kappa shape index (κ1) is 71.4. The molecule has 0 aromatic heterocycles. The Morgan fingerprint density at radius 1 is 0.442 bits per heavy atom. The van der Waals surface area contributed by atoms with Gasteiger partial charge < -0.3 is 39.0 Å². The van der Waals surface area contributed by atoms with Crippen LogP contribution in [0.4, 0.5) is 0 Å². The van der Waals surface area contributed by atoms with E-state index in [1.54, 1.807) is 0 Å². The molecular weight excluding hydrogens is 973 g/mol. The molecule has 0 aromatic rings. The van der Waals surface area contributed by atoms with E-state index in [0.717, 1.165) is 116 Å². The molecule has 1 aliphatic heterocycles. The first-order chi connectivity index (χ1) is 37.6. The van der Waals surface area contributed by atoms with E-state index < -0.39 is 67.3 Å². The van der Waals surface area contributed by atoms with Crippen LogP contribution in [-0.2, 0) is 42.9 Å². The van der Waals surface area contributed by atoms with Crippen LogP contribution in [0.5, 0.6) is 0 Å². The molecule has 1 rings (SSSR count). The lowest BCUT2D eigenvalue weighted by molar-refractivity contribution is -0.301. The third-order valence-electron chi connectivity index (χ3n) is 14.1. The molecule has 0 aromatic carbocycles. The minimum atomic E-state index is -1.91. The molecule has 0 amide bonds. The molecule has 1 fully saturated rings. The fraction of sp³-hybridized carbons (Fsp3) is 0.785. The molecule has 444 valence electrons. The van der Waals surface area contributed by atoms with Crippen molar-refractivity contribution in [3.05, 3.63) is 60.8 Å². The molecule has 12 nitrogen and oxygen atoms in total. The molecule has 0 radical (unpaired) electrons. The quantitative estimate of drug-likeness (QED) is 0.0228. The van der Waals surface area contributed by atoms with Crippen LogP contribution in [0.15, 0.2) is 60.8 Å². The van der Waals surface area contributed by atoms with Crippen LogP contribution in [0.1, 0.15) is 278 Å². The van der Waals surface area contributed by atoms with Crippen LogP contribution < -0.4 is 0 Å². The predicted octanol–water partition coefficient (Wildman–Crippen LogP) is 16.3. The number of unbranched alkanes of at least 4 members (excludes halogenated alkanes) is 29. The van der Waals surface area contributed by atoms with E-state index in [9.17, 15) is 34.5 Å². The molecule has 12 heteroatoms. The van der Waals surface area contributed by atoms with E-state index in [-0.39, 0.29) is 25.9 Å². The number of carboxylic acids is 1. The second-order valence-electron chi connectivity index (χ2n) is 21.3. The number of aliphatic hydroxyl groups excluding tert-OH is 2. The molecule has 0 saturated carbocycles. The van der Waals surface area contributed by atoms with Gasteiger partial charge in [0.1, 0.15) is 18.8 Å². The Labute approximate surface area is 468 Å². The number of esters is 3. The van der Waals surface area contributed by atoms with Gasteiger partial charge in [-0.25, -0.2) is 4.79 Å². The molecule has 6 unspecified atom stereocenters. The lowest BCUT2D eigenvalue weighted by Gasteiger charge is -2.40. The smallest absolute Gasteiger partial charge is 0.335 e. The predicted molar refractivity (Wildman–Crippen MR) is 312 cm³/mol. The van der Waals surface area contributed by atoms with Gasteiger partial charge in [-0.1, -0.05) is 236 Å². The zero-order chi connectivity index (χ0) is 56.1. The summed E-state index contributed by atoms with van der Waals surface area (Å²) in [5.41, 5.74) is 0. The number of ether oxygens (including phenoxy) is 5. The second kappa shape index (κ2) is 53.1. The van der Waals surface area contributed by atoms with Gasteiger partial charge in [-0.3, -0.25) is 14.4 Å². The summed E-state index contributed by atoms with van der Waals surface area (Å²) in [6.07, 6.45) is 53.2. The Morgan fingerprint density at radius 3 is 1.27 bits per heavy atom. The Hall–Kier alpha value is -3.58. The normalized spacial score (nSPS) is 18.4. The van der Waals surface area contributed by atoms with Gasteiger partial charge >= 0.3 is 23.9 Å². The van der Waals surface area contributed by atoms with Gasteiger partial charge in [-0.2, -0.15) is 0 Å². The van der Waals surface area contributed by atoms with Gasteiger partial charge in [0.15, 0.2) is 24.6 Å². The van der Waals surface area contributed by atoms with Gasteiger partial charge in [-0.05, 0) is 83.5 Å². The van der Waals surface area contributed by atoms with Crippen molar-refractivity contribution < 1.29 is 58.2 Å². The molecule has 0 spiro atoms. The van der Waals surface area contributed by atoms with E-state index in [1.165, 1.54) is 103 Å². The third kappa shape index (κ3) is 43.0. The zero-order valence-corrected chi connectivity index (χ0v) is 49.0. The largest absolute Gasteiger partial charge is 0.479 e. The first-order valence-corrected chi connectivity index (χ1v) is 31.3. The first-order valence-electron chi connectivity index (χ1n) is 31.3. The summed E-state index contributed by atoms with van der Waals surface area (Å²) in [4.78, 5) is 51.2. The number of aliphatic hydroxyl groups is 2. The van der Waals surface area contributed by atoms with Gasteiger partial charge in [0.05, 0.1) is 6.61 Å². The highest BCUT2D eigenvalue weighted by Gasteiger charge is 2.50. The topological polar surface area (TPSA) is 175 Å². The summed E-state index contributed by atoms with van der Waals surface area (Å²) in [7, 11) is 0. The summed E-state index contributed by atoms with van der Waals surface area (Å²) >= 11 is 0. The van der Waals surface area contributed by atoms with Crippen LogP contribution in [0, 0.1) is 0 Å². The SMILES string of the molecule is CC/C=C\C/C=C\C/C=C\CCCCCCCC(=O)OC(COC(=O)CCCCCCCCCCCCCCCCCCC)COC1OC(C(=O)O)C(O)C(O)C1OC(=O)CCCCCCC/C=C\C/C=C\CCCCC. The molecule has 6 atom stereocenters. The van der Waals surface area contributed by atoms with Crippen LogP contribution >= 0.6 is 0 Å². The number of aliphatic carboxylic acids is 1. The minimum absolute atomic E-state index is 0.0427. The number of hydrogen-bond donors (Lipinski definition) is 3. The average Bonchev–Trinajstić information content (AvgIpc) is 3.43. The summed E-state index contributed by atoms with van der Waals surface area (Å²) in [6.45, 7) is 5.86. The van der Waals surface area contributed by atoms with Crippen molar-refractivity contribution in [1.82, 2.24) is 0 Å². The maximum Gasteiger partial charge on any atom is 0.335 e. The van der Waals surface area contributed by atoms with Gasteiger partial charge in [0, 0.05) is 19.3 Å². The fourth-order valence-corrected chi connectivity index (χ4v) is 9.30. The van der Waals surface area contributed by atoms with E-state index in [0.29, 0.717) is 19.3 Å². The maximum atomic E-state index is 13.2. The standard InChI is InChI=1S/C65H112O12/c1-4-7-10-13-16-19-22-25-28-29-32-33-36-39-42-45-48-51-57(66)73-54-56(75-58(67)52-49-46-43-40-37-34-30-26-23-20-17-14-11-8-5-2)55-74-65-63(61(70)60(69)62(77-65)64(71)72)76-59(68)53-50-47-44-41-38-35-31-27-24-21-18-15-12-9-6-3/h8,11,17-18,20-21,26-27,30-31,56,60-63,65,69-70H,4-7,9-10,12-16,19,22-25,28-29,32-55H2,1-3H3,(H,71,72)/b11-8-,20-17-,21-18-,30-26-,31-27-. The monoisotopic (exact) mass is 1080 g/mol. The number of carbonyl (C=O) groups excluding carboxylic acids is 3. The van der Waals surface area contributed by atoms with Crippen LogP contribution in [0.3, 0.4) is 0 Å². The zero-order valence-electron chi connectivity index (χ0n) is 49.0. The molecule has 77 heavy (non-hydrogen) atoms. The summed E-state index contributed by atoms with van der Waals surface area (Å²) in [6, 6.07) is 0. The number of carbonyl (C=O) groups is 4. The Bertz CT molecular complexity index is 1570. The van der Waals surface area contributed by atoms with Crippen molar-refractivity contribution in [2.75, 3.05) is 13.2 Å². The van der Waals surface area contributed by atoms with Crippen molar-refractivity contribution in [2.24, 2.45) is 0 Å². The summed E-state index contributed by atoms with van der Waals surface area (Å²) < 4.78 is 28.5. The van der Waals surface area contributed by atoms with Crippen molar-refractivity contribution in [3.63, 3.8) is 0 Å². The molecular formula is C65H112O12. The number of rotatable bonds is 53. The van der Waals surface area contributed by atoms with Crippen LogP contribution in [0.25, 0.3) is 0 Å². The average molecular weight is 1090 g/mol. The molecule has 0 bridgehead atoms. The summed E-state index contributed by atoms with van der Waals surface area (Å²) in [5.74, 6) is -3.14. The highest BCUT2D eigenvalue weighted by molar-refractivity contribution is 5.74. The molecule has 1 heterocycles. The second-order valence-corrected chi connectivity index (χ2v) is 21.3. The van der Waals surface area contributed by atoms with Crippen LogP contribution in [0.2, 0.25) is 0 Å². The molecule has 1 saturated heterocycles. The molecule has 1 aliphatic rings. The summed E-state index contributed by atoms with van der Waals surface area (Å²) in [5, 5.41) is 31.5. The number of carboxylic acid groups (broad SMARTS) is 1. The highest BCUT2D eigenvalue weighted by atomic mass is 16.7. The molecule has 0 aliphatic carbocycles. The fourth-order valence-electron chi connectivity index (χ4n) is 9.30. The Morgan fingerprint density at radius 2 is 0.818 bits per heavy atom. The molecule has 3 N–H and O–H groups in total. The number of hydrogen-bond acceptors (Lipinski definition) is 11. The third-order valence-corrected chi connectivity index (χ3v) is 14.1. The lowest BCUT2D eigenvalue weighted by atomic mass is 9.98. The minimum Gasteiger partial charge on any atom is -0.479 e. The van der Waals surface area contributed by atoms with Crippen molar-refractivity contribution in [1.29, 1.82) is 0 Å². The van der Waals surface area contributed by atoms with E-state index in [1.807, 2.05) is 0 Å². The Balaban J connectivity index is 2.68. The van der Waals surface area contributed by atoms with Gasteiger partial charge in [0.2, 0.25) is 0 Å². The van der Waals surface area contributed by atoms with Crippen molar-refractivity contribution in [3.8, 4) is 0 Å². The van der Waals surface area contributed by atoms with Crippen molar-refractivity contribution in [2.45, 2.75) is 314 Å². The van der Waals surface area contributed by atoms with E-state index >= 15 is 0 Å². The van der Waals surface area contributed by atoms with Crippen molar-refractivity contribution >= 4 is 23.9 Å². The van der Waals surface area contributed by atoms with E-state index in [2.05, 4.69) is 81.5 Å². The maximum absolute atomic E-state index is 13.2.